The van der Waals surface area contributed by atoms with Crippen LogP contribution < -0.4 is 5.32 Å². The van der Waals surface area contributed by atoms with Crippen molar-refractivity contribution in [2.45, 2.75) is 96.8 Å². The van der Waals surface area contributed by atoms with Crippen molar-refractivity contribution in [1.29, 1.82) is 0 Å². The first-order chi connectivity index (χ1) is 16.5. The highest BCUT2D eigenvalue weighted by Crippen LogP contribution is 2.33. The number of nitrogens with one attached hydrogen (secondary N) is 1. The minimum absolute atomic E-state index is 0.0488. The van der Waals surface area contributed by atoms with E-state index < -0.39 is 6.09 Å². The van der Waals surface area contributed by atoms with Crippen LogP contribution in [0.25, 0.3) is 0 Å². The van der Waals surface area contributed by atoms with E-state index in [9.17, 15) is 14.7 Å². The van der Waals surface area contributed by atoms with E-state index in [1.54, 1.807) is 6.08 Å². The molecule has 7 heteroatoms. The predicted octanol–water partition coefficient (Wildman–Crippen LogP) is 5.31. The first kappa shape index (κ1) is 30.9. The van der Waals surface area contributed by atoms with Gasteiger partial charge >= 0.3 is 6.09 Å². The molecule has 1 heterocycles. The summed E-state index contributed by atoms with van der Waals surface area (Å²) in [5.41, 5.74) is 1.11. The lowest BCUT2D eigenvalue weighted by molar-refractivity contribution is -0.117. The molecule has 0 bridgehead atoms. The molecule has 7 nitrogen and oxygen atoms in total. The predicted molar refractivity (Wildman–Crippen MR) is 141 cm³/mol. The van der Waals surface area contributed by atoms with E-state index in [-0.39, 0.29) is 24.2 Å². The molecule has 2 aliphatic rings. The number of hydrogen-bond donors (Lipinski definition) is 3. The molecule has 0 aromatic rings. The van der Waals surface area contributed by atoms with Gasteiger partial charge in [0.05, 0.1) is 11.7 Å². The van der Waals surface area contributed by atoms with Crippen LogP contribution in [0.15, 0.2) is 36.0 Å². The van der Waals surface area contributed by atoms with E-state index in [1.807, 2.05) is 13.0 Å². The maximum Gasteiger partial charge on any atom is 0.406 e. The average molecular weight is 493 g/mol. The SMILES string of the molecule is CC/C=C\C(=O)NC1CCC(C/C=C(C)/C=C/C2CC(CO)CC(C)(C)O2)CC1.CN(C)C(=O)O. The number of nitrogens with zero attached hydrogens (tertiary/aromatic N) is 1. The van der Waals surface area contributed by atoms with Crippen molar-refractivity contribution >= 4 is 12.0 Å². The molecule has 2 amide bonds. The number of carbonyl (C=O) groups excluding carboxylic acids is 1. The van der Waals surface area contributed by atoms with Gasteiger partial charge < -0.3 is 25.2 Å². The molecule has 0 aromatic carbocycles. The number of aliphatic hydroxyl groups is 1. The molecule has 1 saturated heterocycles. The zero-order valence-corrected chi connectivity index (χ0v) is 22.6. The second kappa shape index (κ2) is 15.8. The number of carboxylic acid groups (broad SMARTS) is 1. The van der Waals surface area contributed by atoms with Crippen LogP contribution in [0.4, 0.5) is 4.79 Å². The van der Waals surface area contributed by atoms with Gasteiger partial charge in [-0.3, -0.25) is 4.79 Å². The van der Waals surface area contributed by atoms with Crippen LogP contribution in [0, 0.1) is 11.8 Å². The standard InChI is InChI=1S/C25H41NO3.C3H7NO2/c1-5-6-7-24(28)26-22-13-11-20(12-14-22)10-8-19(2)9-15-23-16-21(18-27)17-25(3,4)29-23;1-4(2)3(5)6/h6-9,15,20-23,27H,5,10-14,16-18H2,1-4H3,(H,26,28);1-2H3,(H,5,6)/b7-6-,15-9+,19-8+;. The van der Waals surface area contributed by atoms with Gasteiger partial charge in [0.25, 0.3) is 0 Å². The van der Waals surface area contributed by atoms with E-state index in [0.717, 1.165) is 43.4 Å². The summed E-state index contributed by atoms with van der Waals surface area (Å²) in [6, 6.07) is 0.330. The molecule has 35 heavy (non-hydrogen) atoms. The minimum atomic E-state index is -0.907. The molecule has 2 atom stereocenters. The van der Waals surface area contributed by atoms with Gasteiger partial charge in [-0.25, -0.2) is 4.79 Å². The van der Waals surface area contributed by atoms with Crippen LogP contribution in [-0.4, -0.2) is 65.6 Å². The largest absolute Gasteiger partial charge is 0.465 e. The Morgan fingerprint density at radius 2 is 1.74 bits per heavy atom. The van der Waals surface area contributed by atoms with Gasteiger partial charge in [-0.05, 0) is 90.0 Å². The molecule has 2 rings (SSSR count). The van der Waals surface area contributed by atoms with Gasteiger partial charge in [0.1, 0.15) is 0 Å². The minimum Gasteiger partial charge on any atom is -0.465 e. The molecule has 200 valence electrons. The third-order valence-electron chi connectivity index (χ3n) is 6.50. The van der Waals surface area contributed by atoms with Crippen LogP contribution in [0.3, 0.4) is 0 Å². The highest BCUT2D eigenvalue weighted by Gasteiger charge is 2.33. The molecule has 3 N–H and O–H groups in total. The van der Waals surface area contributed by atoms with Crippen LogP contribution in [-0.2, 0) is 9.53 Å². The van der Waals surface area contributed by atoms with Crippen LogP contribution in [0.2, 0.25) is 0 Å². The highest BCUT2D eigenvalue weighted by molar-refractivity contribution is 5.87. The highest BCUT2D eigenvalue weighted by atomic mass is 16.5. The Morgan fingerprint density at radius 1 is 1.11 bits per heavy atom. The number of carbonyl (C=O) groups is 2. The van der Waals surface area contributed by atoms with E-state index in [0.29, 0.717) is 17.9 Å². The molecule has 0 aromatic heterocycles. The summed E-state index contributed by atoms with van der Waals surface area (Å²) < 4.78 is 6.15. The first-order valence-corrected chi connectivity index (χ1v) is 13.0. The number of amides is 2. The van der Waals surface area contributed by atoms with Gasteiger partial charge in [-0.1, -0.05) is 36.8 Å². The quantitative estimate of drug-likeness (QED) is 0.315. The van der Waals surface area contributed by atoms with Crippen molar-refractivity contribution in [3.8, 4) is 0 Å². The molecular weight excluding hydrogens is 444 g/mol. The van der Waals surface area contributed by atoms with E-state index in [2.05, 4.69) is 44.3 Å². The fourth-order valence-electron chi connectivity index (χ4n) is 4.57. The molecule has 1 aliphatic carbocycles. The zero-order valence-electron chi connectivity index (χ0n) is 22.6. The lowest BCUT2D eigenvalue weighted by Gasteiger charge is -2.39. The Bertz CT molecular complexity index is 734. The average Bonchev–Trinajstić information content (AvgIpc) is 2.80. The third kappa shape index (κ3) is 13.5. The van der Waals surface area contributed by atoms with Gasteiger partial charge in [-0.2, -0.15) is 0 Å². The summed E-state index contributed by atoms with van der Waals surface area (Å²) in [7, 11) is 2.95. The van der Waals surface area contributed by atoms with Crippen molar-refractivity contribution < 1.29 is 24.5 Å². The smallest absolute Gasteiger partial charge is 0.406 e. The summed E-state index contributed by atoms with van der Waals surface area (Å²) >= 11 is 0. The molecule has 1 aliphatic heterocycles. The van der Waals surface area contributed by atoms with Gasteiger partial charge in [0.2, 0.25) is 5.91 Å². The number of allylic oxidation sites excluding steroid dienone is 4. The Hall–Kier alpha value is -2.12. The normalized spacial score (nSPS) is 26.8. The fraction of sp³-hybridized carbons (Fsp3) is 0.714. The Kier molecular flexibility index (Phi) is 13.9. The Balaban J connectivity index is 0.000000905. The van der Waals surface area contributed by atoms with Crippen molar-refractivity contribution in [3.63, 3.8) is 0 Å². The molecule has 2 fully saturated rings. The topological polar surface area (TPSA) is 99.1 Å². The number of aliphatic hydroxyl groups excluding tert-OH is 1. The van der Waals surface area contributed by atoms with Gasteiger partial charge in [0, 0.05) is 26.7 Å². The lowest BCUT2D eigenvalue weighted by atomic mass is 9.83. The first-order valence-electron chi connectivity index (χ1n) is 13.0. The summed E-state index contributed by atoms with van der Waals surface area (Å²) in [5, 5.41) is 20.6. The number of ether oxygens (including phenoxy) is 1. The molecular formula is C28H48N2O5. The maximum atomic E-state index is 11.8. The van der Waals surface area contributed by atoms with Crippen molar-refractivity contribution in [2.75, 3.05) is 20.7 Å². The van der Waals surface area contributed by atoms with Crippen molar-refractivity contribution in [3.05, 3.63) is 36.0 Å². The van der Waals surface area contributed by atoms with Crippen LogP contribution in [0.1, 0.15) is 79.1 Å². The molecule has 1 saturated carbocycles. The van der Waals surface area contributed by atoms with E-state index in [1.165, 1.54) is 32.5 Å². The van der Waals surface area contributed by atoms with E-state index in [4.69, 9.17) is 9.84 Å². The van der Waals surface area contributed by atoms with Gasteiger partial charge in [-0.15, -0.1) is 0 Å². The van der Waals surface area contributed by atoms with Crippen LogP contribution >= 0.6 is 0 Å². The molecule has 2 unspecified atom stereocenters. The molecule has 0 spiro atoms. The summed E-state index contributed by atoms with van der Waals surface area (Å²) in [5.74, 6) is 1.08. The lowest BCUT2D eigenvalue weighted by Crippen LogP contribution is -2.39. The Labute approximate surface area is 212 Å². The van der Waals surface area contributed by atoms with Crippen molar-refractivity contribution in [2.24, 2.45) is 11.8 Å². The second-order valence-electron chi connectivity index (χ2n) is 10.7. The fourth-order valence-corrected chi connectivity index (χ4v) is 4.57. The monoisotopic (exact) mass is 492 g/mol. The second-order valence-corrected chi connectivity index (χ2v) is 10.7. The Morgan fingerprint density at radius 3 is 2.29 bits per heavy atom. The summed E-state index contributed by atoms with van der Waals surface area (Å²) in [6.45, 7) is 8.65. The van der Waals surface area contributed by atoms with Gasteiger partial charge in [0.15, 0.2) is 0 Å². The van der Waals surface area contributed by atoms with Crippen LogP contribution in [0.5, 0.6) is 0 Å². The number of rotatable bonds is 8. The summed E-state index contributed by atoms with van der Waals surface area (Å²) in [6.07, 6.45) is 17.7. The zero-order chi connectivity index (χ0) is 26.4. The summed E-state index contributed by atoms with van der Waals surface area (Å²) in [4.78, 5) is 22.5. The van der Waals surface area contributed by atoms with Crippen molar-refractivity contribution in [1.82, 2.24) is 10.2 Å². The maximum absolute atomic E-state index is 11.8. The third-order valence-corrected chi connectivity index (χ3v) is 6.50. The number of hydrogen-bond acceptors (Lipinski definition) is 4. The molecule has 0 radical (unpaired) electrons. The van der Waals surface area contributed by atoms with E-state index >= 15 is 0 Å².